The molecule has 1 unspecified atom stereocenters. The summed E-state index contributed by atoms with van der Waals surface area (Å²) in [5, 5.41) is 1.83. The van der Waals surface area contributed by atoms with E-state index in [4.69, 9.17) is 37.2 Å². The molecule has 0 radical (unpaired) electrons. The maximum absolute atomic E-state index is 16.6. The van der Waals surface area contributed by atoms with E-state index in [1.807, 2.05) is 0 Å². The predicted octanol–water partition coefficient (Wildman–Crippen LogP) is 7.59. The smallest absolute Gasteiger partial charge is 0.277 e. The number of carbonyl (C=O) groups is 2. The van der Waals surface area contributed by atoms with Crippen LogP contribution in [-0.2, 0) is 26.3 Å². The van der Waals surface area contributed by atoms with Gasteiger partial charge in [-0.2, -0.15) is 0 Å². The number of benzene rings is 2. The molecule has 2 aromatic carbocycles. The van der Waals surface area contributed by atoms with Crippen LogP contribution >= 0.6 is 23.2 Å². The van der Waals surface area contributed by atoms with Crippen molar-refractivity contribution >= 4 is 43.3 Å². The highest BCUT2D eigenvalue weighted by atomic mass is 35.5. The Morgan fingerprint density at radius 3 is 2.29 bits per heavy atom. The Morgan fingerprint density at radius 2 is 1.73 bits per heavy atom. The molecule has 2 heterocycles. The van der Waals surface area contributed by atoms with Gasteiger partial charge in [-0.05, 0) is 67.4 Å². The van der Waals surface area contributed by atoms with Crippen LogP contribution < -0.4 is 0 Å². The normalized spacial score (nSPS) is 19.1. The summed E-state index contributed by atoms with van der Waals surface area (Å²) >= 11 is 12.4. The number of rotatable bonds is 10. The highest BCUT2D eigenvalue weighted by molar-refractivity contribution is 6.74. The maximum atomic E-state index is 16.6. The summed E-state index contributed by atoms with van der Waals surface area (Å²) in [6.45, 7) is 11.0. The summed E-state index contributed by atoms with van der Waals surface area (Å²) in [5.41, 5.74) is -1.35. The molecule has 0 bridgehead atoms. The average Bonchev–Trinajstić information content (AvgIpc) is 3.70. The molecule has 3 aromatic rings. The number of hydroxylamine groups is 2. The Labute approximate surface area is 274 Å². The van der Waals surface area contributed by atoms with Crippen molar-refractivity contribution in [2.24, 2.45) is 0 Å². The average molecular weight is 675 g/mol. The van der Waals surface area contributed by atoms with Crippen LogP contribution in [0.15, 0.2) is 54.7 Å². The van der Waals surface area contributed by atoms with E-state index < -0.39 is 37.3 Å². The number of pyridine rings is 1. The SMILES string of the molecule is CON(C)C(=O)c1cc(F)c2c(c1)C(=O)N(Cc1ccc(Cl)cn1)C2(OCC1(O[Si](C)(C)C(C)(C)C)CC1)c1ccc(Cl)cc1. The van der Waals surface area contributed by atoms with Crippen molar-refractivity contribution in [3.8, 4) is 0 Å². The summed E-state index contributed by atoms with van der Waals surface area (Å²) in [5.74, 6) is -1.91. The van der Waals surface area contributed by atoms with Gasteiger partial charge < -0.3 is 9.16 Å². The zero-order chi connectivity index (χ0) is 32.9. The van der Waals surface area contributed by atoms with Crippen molar-refractivity contribution in [1.29, 1.82) is 0 Å². The van der Waals surface area contributed by atoms with Crippen LogP contribution in [0.1, 0.15) is 71.1 Å². The molecule has 1 aliphatic heterocycles. The fraction of sp³-hybridized carbons (Fsp3) is 0.424. The molecule has 0 N–H and O–H groups in total. The van der Waals surface area contributed by atoms with Gasteiger partial charge in [0, 0.05) is 29.4 Å². The van der Waals surface area contributed by atoms with Crippen molar-refractivity contribution in [2.45, 2.75) is 69.6 Å². The molecule has 12 heteroatoms. The Hall–Kier alpha value is -2.86. The lowest BCUT2D eigenvalue weighted by Crippen LogP contribution is -2.50. The van der Waals surface area contributed by atoms with Gasteiger partial charge in [-0.3, -0.25) is 24.3 Å². The number of aromatic nitrogens is 1. The van der Waals surface area contributed by atoms with E-state index in [0.717, 1.165) is 24.0 Å². The van der Waals surface area contributed by atoms with E-state index in [0.29, 0.717) is 21.3 Å². The van der Waals surface area contributed by atoms with Crippen LogP contribution in [-0.4, -0.2) is 61.4 Å². The molecule has 2 amide bonds. The molecule has 0 saturated heterocycles. The van der Waals surface area contributed by atoms with E-state index in [2.05, 4.69) is 38.8 Å². The minimum atomic E-state index is -2.21. The molecule has 1 fully saturated rings. The number of halogens is 3. The zero-order valence-corrected chi connectivity index (χ0v) is 29.1. The molecule has 5 rings (SSSR count). The lowest BCUT2D eigenvalue weighted by molar-refractivity contribution is -0.137. The first-order chi connectivity index (χ1) is 21.0. The van der Waals surface area contributed by atoms with Gasteiger partial charge >= 0.3 is 0 Å². The first-order valence-corrected chi connectivity index (χ1v) is 18.4. The number of hydrogen-bond donors (Lipinski definition) is 0. The number of nitrogens with zero attached hydrogens (tertiary/aromatic N) is 3. The van der Waals surface area contributed by atoms with E-state index in [1.54, 1.807) is 36.4 Å². The molecule has 45 heavy (non-hydrogen) atoms. The highest BCUT2D eigenvalue weighted by Crippen LogP contribution is 2.52. The van der Waals surface area contributed by atoms with E-state index in [-0.39, 0.29) is 34.9 Å². The first kappa shape index (κ1) is 33.5. The maximum Gasteiger partial charge on any atom is 0.277 e. The minimum Gasteiger partial charge on any atom is -0.409 e. The third-order valence-electron chi connectivity index (χ3n) is 9.07. The Bertz CT molecular complexity index is 1610. The number of ether oxygens (including phenoxy) is 1. The fourth-order valence-electron chi connectivity index (χ4n) is 5.33. The van der Waals surface area contributed by atoms with Gasteiger partial charge in [0.25, 0.3) is 11.8 Å². The summed E-state index contributed by atoms with van der Waals surface area (Å²) in [7, 11) is 0.527. The van der Waals surface area contributed by atoms with Gasteiger partial charge in [-0.15, -0.1) is 0 Å². The topological polar surface area (TPSA) is 81.2 Å². The van der Waals surface area contributed by atoms with Crippen molar-refractivity contribution in [3.05, 3.63) is 98.5 Å². The van der Waals surface area contributed by atoms with Gasteiger partial charge in [0.1, 0.15) is 5.82 Å². The van der Waals surface area contributed by atoms with Gasteiger partial charge in [0.15, 0.2) is 14.0 Å². The lowest BCUT2D eigenvalue weighted by atomic mass is 9.91. The zero-order valence-electron chi connectivity index (χ0n) is 26.5. The molecule has 1 aliphatic carbocycles. The van der Waals surface area contributed by atoms with Gasteiger partial charge in [0.2, 0.25) is 0 Å². The molecule has 8 nitrogen and oxygen atoms in total. The van der Waals surface area contributed by atoms with Crippen molar-refractivity contribution in [2.75, 3.05) is 20.8 Å². The monoisotopic (exact) mass is 673 g/mol. The number of hydrogen-bond acceptors (Lipinski definition) is 6. The van der Waals surface area contributed by atoms with Gasteiger partial charge in [-0.1, -0.05) is 56.1 Å². The number of carbonyl (C=O) groups excluding carboxylic acids is 2. The standard InChI is InChI=1S/C33H38Cl2FN3O5Si/c1-31(2,3)45(6,7)44-32(14-15-32)20-43-33(22-8-10-23(34)11-9-22)28-26(16-21(17-27(28)36)29(40)38(4)42-5)30(41)39(33)19-25-13-12-24(35)18-37-25/h8-13,16-18H,14-15,19-20H2,1-7H3. The molecule has 240 valence electrons. The quantitative estimate of drug-likeness (QED) is 0.163. The fourth-order valence-corrected chi connectivity index (χ4v) is 7.22. The van der Waals surface area contributed by atoms with Crippen LogP contribution in [0.4, 0.5) is 4.39 Å². The van der Waals surface area contributed by atoms with Crippen molar-refractivity contribution < 1.29 is 28.0 Å². The van der Waals surface area contributed by atoms with E-state index in [9.17, 15) is 9.59 Å². The van der Waals surface area contributed by atoms with E-state index >= 15 is 4.39 Å². The molecular formula is C33H38Cl2FN3O5Si. The molecule has 1 atom stereocenters. The van der Waals surface area contributed by atoms with Crippen molar-refractivity contribution in [1.82, 2.24) is 14.9 Å². The van der Waals surface area contributed by atoms with Crippen LogP contribution in [0.25, 0.3) is 0 Å². The van der Waals surface area contributed by atoms with E-state index in [1.165, 1.54) is 31.3 Å². The Morgan fingerprint density at radius 1 is 1.09 bits per heavy atom. The molecule has 0 spiro atoms. The molecule has 2 aliphatic rings. The van der Waals surface area contributed by atoms with Crippen molar-refractivity contribution in [3.63, 3.8) is 0 Å². The largest absolute Gasteiger partial charge is 0.409 e. The summed E-state index contributed by atoms with van der Waals surface area (Å²) in [6.07, 6.45) is 3.03. The van der Waals surface area contributed by atoms with Gasteiger partial charge in [0.05, 0.1) is 47.7 Å². The second kappa shape index (κ2) is 12.1. The van der Waals surface area contributed by atoms with Crippen LogP contribution in [0.3, 0.4) is 0 Å². The van der Waals surface area contributed by atoms with Crippen LogP contribution in [0.2, 0.25) is 28.2 Å². The van der Waals surface area contributed by atoms with Gasteiger partial charge in [-0.25, -0.2) is 9.45 Å². The second-order valence-electron chi connectivity index (χ2n) is 13.2. The molecule has 1 saturated carbocycles. The van der Waals surface area contributed by atoms with Crippen LogP contribution in [0, 0.1) is 5.82 Å². The predicted molar refractivity (Wildman–Crippen MR) is 173 cm³/mol. The third kappa shape index (κ3) is 6.28. The number of amides is 2. The second-order valence-corrected chi connectivity index (χ2v) is 18.8. The third-order valence-corrected chi connectivity index (χ3v) is 14.1. The number of fused-ring (bicyclic) bond motifs is 1. The summed E-state index contributed by atoms with van der Waals surface area (Å²) in [6, 6.07) is 12.7. The Balaban J connectivity index is 1.68. The Kier molecular flexibility index (Phi) is 8.98. The first-order valence-electron chi connectivity index (χ1n) is 14.7. The summed E-state index contributed by atoms with van der Waals surface area (Å²) in [4.78, 5) is 38.3. The highest BCUT2D eigenvalue weighted by Gasteiger charge is 2.58. The summed E-state index contributed by atoms with van der Waals surface area (Å²) < 4.78 is 30.4. The van der Waals surface area contributed by atoms with Crippen LogP contribution in [0.5, 0.6) is 0 Å². The molecular weight excluding hydrogens is 636 g/mol. The lowest BCUT2D eigenvalue weighted by Gasteiger charge is -2.43. The minimum absolute atomic E-state index is 0.00179. The molecule has 1 aromatic heterocycles.